The Kier molecular flexibility index (Phi) is 3.84. The second-order valence-electron chi connectivity index (χ2n) is 5.71. The van der Waals surface area contributed by atoms with Gasteiger partial charge in [0.1, 0.15) is 5.82 Å². The van der Waals surface area contributed by atoms with Gasteiger partial charge in [-0.1, -0.05) is 23.2 Å². The maximum absolute atomic E-state index is 12.0. The van der Waals surface area contributed by atoms with E-state index in [9.17, 15) is 4.21 Å². The zero-order chi connectivity index (χ0) is 15.2. The van der Waals surface area contributed by atoms with E-state index in [1.54, 1.807) is 18.3 Å². The Morgan fingerprint density at radius 3 is 2.57 bits per heavy atom. The second kappa shape index (κ2) is 5.38. The number of hydrogen-bond donors (Lipinski definition) is 0. The molecule has 0 aliphatic carbocycles. The van der Waals surface area contributed by atoms with Gasteiger partial charge in [-0.25, -0.2) is 4.98 Å². The number of anilines is 1. The van der Waals surface area contributed by atoms with Gasteiger partial charge in [-0.05, 0) is 26.0 Å². The van der Waals surface area contributed by atoms with E-state index < -0.39 is 10.8 Å². The summed E-state index contributed by atoms with van der Waals surface area (Å²) in [7, 11) is -0.807. The summed E-state index contributed by atoms with van der Waals surface area (Å²) in [4.78, 5) is 11.1. The Hall–Kier alpha value is -0.910. The van der Waals surface area contributed by atoms with Crippen molar-refractivity contribution in [1.29, 1.82) is 0 Å². The molecule has 1 aromatic carbocycles. The summed E-state index contributed by atoms with van der Waals surface area (Å²) in [6.45, 7) is 5.44. The fourth-order valence-electron chi connectivity index (χ4n) is 2.43. The highest BCUT2D eigenvalue weighted by atomic mass is 35.5. The number of hydrogen-bond acceptors (Lipinski definition) is 4. The summed E-state index contributed by atoms with van der Waals surface area (Å²) < 4.78 is 11.8. The topological polar surface area (TPSA) is 46.1 Å². The maximum atomic E-state index is 12.0. The zero-order valence-electron chi connectivity index (χ0n) is 11.8. The molecule has 0 bridgehead atoms. The van der Waals surface area contributed by atoms with Gasteiger partial charge in [0.25, 0.3) is 0 Å². The molecule has 0 spiro atoms. The molecular formula is C14H15Cl2N3OS. The standard InChI is InChI=1S/C14H15Cl2N3OS/c1-14(2)8-19(3-4-21(14)20)13-7-17-11-5-9(15)10(16)6-12(11)18-13/h5-7H,3-4,8H2,1-2H3/t21-/m0/s1. The van der Waals surface area contributed by atoms with Crippen molar-refractivity contribution in [2.45, 2.75) is 18.6 Å². The van der Waals surface area contributed by atoms with Gasteiger partial charge >= 0.3 is 0 Å². The van der Waals surface area contributed by atoms with Crippen LogP contribution >= 0.6 is 23.2 Å². The van der Waals surface area contributed by atoms with Crippen LogP contribution in [0.4, 0.5) is 5.82 Å². The van der Waals surface area contributed by atoms with E-state index in [-0.39, 0.29) is 4.75 Å². The lowest BCUT2D eigenvalue weighted by Crippen LogP contribution is -2.50. The van der Waals surface area contributed by atoms with Crippen molar-refractivity contribution < 1.29 is 4.21 Å². The van der Waals surface area contributed by atoms with Crippen LogP contribution in [0, 0.1) is 0 Å². The van der Waals surface area contributed by atoms with Crippen molar-refractivity contribution in [3.63, 3.8) is 0 Å². The predicted octanol–water partition coefficient (Wildman–Crippen LogP) is 3.28. The van der Waals surface area contributed by atoms with Crippen molar-refractivity contribution in [1.82, 2.24) is 9.97 Å². The monoisotopic (exact) mass is 343 g/mol. The Labute approximate surface area is 135 Å². The fourth-order valence-corrected chi connectivity index (χ4v) is 3.98. The Morgan fingerprint density at radius 2 is 1.90 bits per heavy atom. The van der Waals surface area contributed by atoms with Gasteiger partial charge in [0.15, 0.2) is 0 Å². The van der Waals surface area contributed by atoms with Crippen LogP contribution in [0.5, 0.6) is 0 Å². The van der Waals surface area contributed by atoms with E-state index in [0.29, 0.717) is 33.4 Å². The van der Waals surface area contributed by atoms with Crippen LogP contribution in [0.25, 0.3) is 11.0 Å². The van der Waals surface area contributed by atoms with E-state index in [4.69, 9.17) is 23.2 Å². The van der Waals surface area contributed by atoms with Gasteiger partial charge in [-0.15, -0.1) is 0 Å². The molecule has 0 saturated carbocycles. The summed E-state index contributed by atoms with van der Waals surface area (Å²) in [5.74, 6) is 1.43. The average molecular weight is 344 g/mol. The minimum atomic E-state index is -0.807. The van der Waals surface area contributed by atoms with Crippen molar-refractivity contribution in [3.05, 3.63) is 28.4 Å². The highest BCUT2D eigenvalue weighted by Gasteiger charge is 2.33. The first-order valence-corrected chi connectivity index (χ1v) is 8.69. The third kappa shape index (κ3) is 2.87. The third-order valence-electron chi connectivity index (χ3n) is 3.63. The molecule has 1 aromatic heterocycles. The summed E-state index contributed by atoms with van der Waals surface area (Å²) in [5, 5.41) is 0.941. The minimum absolute atomic E-state index is 0.244. The van der Waals surface area contributed by atoms with E-state index in [2.05, 4.69) is 14.9 Å². The molecule has 2 heterocycles. The molecule has 112 valence electrons. The predicted molar refractivity (Wildman–Crippen MR) is 88.9 cm³/mol. The SMILES string of the molecule is CC1(C)CN(c2cnc3cc(Cl)c(Cl)cc3n2)CC[S@@]1=O. The average Bonchev–Trinajstić information content (AvgIpc) is 2.42. The summed E-state index contributed by atoms with van der Waals surface area (Å²) >= 11 is 12.0. The number of fused-ring (bicyclic) bond motifs is 1. The molecule has 1 atom stereocenters. The molecule has 0 N–H and O–H groups in total. The van der Waals surface area contributed by atoms with Gasteiger partial charge in [0.05, 0.1) is 32.0 Å². The van der Waals surface area contributed by atoms with Crippen LogP contribution in [0.3, 0.4) is 0 Å². The molecule has 0 radical (unpaired) electrons. The van der Waals surface area contributed by atoms with Crippen molar-refractivity contribution >= 4 is 50.9 Å². The molecule has 0 unspecified atom stereocenters. The first-order chi connectivity index (χ1) is 9.87. The smallest absolute Gasteiger partial charge is 0.147 e. The van der Waals surface area contributed by atoms with E-state index in [1.807, 2.05) is 13.8 Å². The van der Waals surface area contributed by atoms with Crippen LogP contribution in [0.15, 0.2) is 18.3 Å². The van der Waals surface area contributed by atoms with Gasteiger partial charge in [0.2, 0.25) is 0 Å². The zero-order valence-corrected chi connectivity index (χ0v) is 14.1. The third-order valence-corrected chi connectivity index (χ3v) is 6.27. The quantitative estimate of drug-likeness (QED) is 0.797. The first-order valence-electron chi connectivity index (χ1n) is 6.62. The normalized spacial score (nSPS) is 21.7. The highest BCUT2D eigenvalue weighted by molar-refractivity contribution is 7.86. The van der Waals surface area contributed by atoms with E-state index in [0.717, 1.165) is 12.4 Å². The molecule has 4 nitrogen and oxygen atoms in total. The Morgan fingerprint density at radius 1 is 1.24 bits per heavy atom. The van der Waals surface area contributed by atoms with E-state index >= 15 is 0 Å². The van der Waals surface area contributed by atoms with Crippen LogP contribution in [-0.2, 0) is 10.8 Å². The molecule has 7 heteroatoms. The fraction of sp³-hybridized carbons (Fsp3) is 0.429. The number of rotatable bonds is 1. The molecular weight excluding hydrogens is 329 g/mol. The largest absolute Gasteiger partial charge is 0.353 e. The number of halogens is 2. The number of benzene rings is 1. The lowest BCUT2D eigenvalue weighted by atomic mass is 10.2. The molecule has 3 rings (SSSR count). The number of aromatic nitrogens is 2. The first kappa shape index (κ1) is 15.0. The van der Waals surface area contributed by atoms with Gasteiger partial charge in [0, 0.05) is 29.6 Å². The van der Waals surface area contributed by atoms with Crippen molar-refractivity contribution in [3.8, 4) is 0 Å². The molecule has 21 heavy (non-hydrogen) atoms. The number of nitrogens with zero attached hydrogens (tertiary/aromatic N) is 3. The van der Waals surface area contributed by atoms with Crippen LogP contribution < -0.4 is 4.90 Å². The highest BCUT2D eigenvalue weighted by Crippen LogP contribution is 2.28. The van der Waals surface area contributed by atoms with Crippen LogP contribution in [0.1, 0.15) is 13.8 Å². The molecule has 1 fully saturated rings. The lowest BCUT2D eigenvalue weighted by Gasteiger charge is -2.37. The molecule has 0 amide bonds. The van der Waals surface area contributed by atoms with E-state index in [1.165, 1.54) is 0 Å². The minimum Gasteiger partial charge on any atom is -0.353 e. The van der Waals surface area contributed by atoms with Gasteiger partial charge in [-0.3, -0.25) is 9.19 Å². The molecule has 1 aliphatic heterocycles. The van der Waals surface area contributed by atoms with Crippen LogP contribution in [-0.4, -0.2) is 37.8 Å². The molecule has 1 aliphatic rings. The molecule has 2 aromatic rings. The van der Waals surface area contributed by atoms with Crippen molar-refractivity contribution in [2.75, 3.05) is 23.7 Å². The summed E-state index contributed by atoms with van der Waals surface area (Å²) in [6, 6.07) is 3.44. The van der Waals surface area contributed by atoms with Crippen molar-refractivity contribution in [2.24, 2.45) is 0 Å². The molecule has 1 saturated heterocycles. The van der Waals surface area contributed by atoms with Gasteiger partial charge in [-0.2, -0.15) is 0 Å². The lowest BCUT2D eigenvalue weighted by molar-refractivity contribution is 0.586. The Bertz CT molecular complexity index is 735. The van der Waals surface area contributed by atoms with Crippen LogP contribution in [0.2, 0.25) is 10.0 Å². The second-order valence-corrected chi connectivity index (χ2v) is 8.73. The maximum Gasteiger partial charge on any atom is 0.147 e. The summed E-state index contributed by atoms with van der Waals surface area (Å²) in [6.07, 6.45) is 1.73. The Balaban J connectivity index is 1.98. The van der Waals surface area contributed by atoms with Gasteiger partial charge < -0.3 is 4.90 Å². The summed E-state index contributed by atoms with van der Waals surface area (Å²) in [5.41, 5.74) is 1.43.